The van der Waals surface area contributed by atoms with Crippen LogP contribution in [0.15, 0.2) is 18.2 Å². The molecule has 1 aromatic rings. The zero-order valence-electron chi connectivity index (χ0n) is 10.2. The Morgan fingerprint density at radius 1 is 1.44 bits per heavy atom. The third-order valence-electron chi connectivity index (χ3n) is 3.71. The number of carbonyl (C=O) groups is 1. The van der Waals surface area contributed by atoms with Gasteiger partial charge in [0, 0.05) is 18.5 Å². The summed E-state index contributed by atoms with van der Waals surface area (Å²) < 4.78 is 5.41. The van der Waals surface area contributed by atoms with Gasteiger partial charge in [-0.15, -0.1) is 0 Å². The second-order valence-corrected chi connectivity index (χ2v) is 5.12. The summed E-state index contributed by atoms with van der Waals surface area (Å²) in [7, 11) is 0. The molecular weight excluding hydrogens is 230 g/mol. The Labute approximate surface area is 106 Å². The molecule has 1 aliphatic heterocycles. The topological polar surface area (TPSA) is 58.6 Å². The third-order valence-corrected chi connectivity index (χ3v) is 3.71. The molecule has 4 nitrogen and oxygen atoms in total. The fourth-order valence-corrected chi connectivity index (χ4v) is 2.53. The Kier molecular flexibility index (Phi) is 2.96. The number of benzene rings is 1. The van der Waals surface area contributed by atoms with Crippen LogP contribution in [-0.4, -0.2) is 30.3 Å². The van der Waals surface area contributed by atoms with E-state index in [4.69, 9.17) is 4.74 Å². The van der Waals surface area contributed by atoms with Gasteiger partial charge in [0.05, 0.1) is 12.7 Å². The molecule has 3 rings (SSSR count). The maximum Gasteiger partial charge on any atom is 0.251 e. The first-order chi connectivity index (χ1) is 8.72. The number of aliphatic hydroxyl groups is 1. The number of nitrogens with one attached hydrogen (secondary N) is 1. The molecule has 0 unspecified atom stereocenters. The van der Waals surface area contributed by atoms with Crippen LogP contribution in [0.25, 0.3) is 0 Å². The number of hydrogen-bond donors (Lipinski definition) is 2. The van der Waals surface area contributed by atoms with Crippen LogP contribution in [0.5, 0.6) is 5.75 Å². The van der Waals surface area contributed by atoms with Crippen LogP contribution in [0.2, 0.25) is 0 Å². The highest BCUT2D eigenvalue weighted by Gasteiger charge is 2.27. The van der Waals surface area contributed by atoms with Crippen molar-refractivity contribution in [3.63, 3.8) is 0 Å². The second-order valence-electron chi connectivity index (χ2n) is 5.12. The van der Waals surface area contributed by atoms with E-state index in [-0.39, 0.29) is 12.0 Å². The zero-order valence-corrected chi connectivity index (χ0v) is 10.2. The van der Waals surface area contributed by atoms with E-state index < -0.39 is 0 Å². The van der Waals surface area contributed by atoms with Crippen LogP contribution in [0.4, 0.5) is 0 Å². The van der Waals surface area contributed by atoms with E-state index in [0.29, 0.717) is 24.6 Å². The number of fused-ring (bicyclic) bond motifs is 1. The van der Waals surface area contributed by atoms with E-state index in [1.165, 1.54) is 0 Å². The summed E-state index contributed by atoms with van der Waals surface area (Å²) in [5.74, 6) is 1.29. The molecule has 0 bridgehead atoms. The van der Waals surface area contributed by atoms with Crippen molar-refractivity contribution >= 4 is 5.91 Å². The highest BCUT2D eigenvalue weighted by molar-refractivity contribution is 5.94. The fourth-order valence-electron chi connectivity index (χ4n) is 2.53. The van der Waals surface area contributed by atoms with Crippen molar-refractivity contribution in [1.82, 2.24) is 5.32 Å². The van der Waals surface area contributed by atoms with E-state index >= 15 is 0 Å². The summed E-state index contributed by atoms with van der Waals surface area (Å²) in [5, 5.41) is 12.1. The highest BCUT2D eigenvalue weighted by atomic mass is 16.5. The van der Waals surface area contributed by atoms with Gasteiger partial charge in [-0.05, 0) is 42.5 Å². The van der Waals surface area contributed by atoms with Gasteiger partial charge in [0.15, 0.2) is 0 Å². The van der Waals surface area contributed by atoms with E-state index in [9.17, 15) is 9.90 Å². The van der Waals surface area contributed by atoms with E-state index in [1.54, 1.807) is 6.07 Å². The molecule has 1 aromatic carbocycles. The van der Waals surface area contributed by atoms with E-state index in [0.717, 1.165) is 30.6 Å². The minimum atomic E-state index is -0.163. The van der Waals surface area contributed by atoms with Gasteiger partial charge in [-0.3, -0.25) is 4.79 Å². The average molecular weight is 247 g/mol. The van der Waals surface area contributed by atoms with Crippen molar-refractivity contribution in [3.05, 3.63) is 29.3 Å². The summed E-state index contributed by atoms with van der Waals surface area (Å²) in [4.78, 5) is 12.0. The monoisotopic (exact) mass is 247 g/mol. The lowest BCUT2D eigenvalue weighted by molar-refractivity contribution is 0.0420. The van der Waals surface area contributed by atoms with Gasteiger partial charge in [0.2, 0.25) is 0 Å². The molecule has 0 aromatic heterocycles. The number of ether oxygens (including phenoxy) is 1. The first-order valence-electron chi connectivity index (χ1n) is 6.44. The predicted octanol–water partition coefficient (Wildman–Crippen LogP) is 1.12. The first-order valence-corrected chi connectivity index (χ1v) is 6.44. The minimum absolute atomic E-state index is 0.0360. The predicted molar refractivity (Wildman–Crippen MR) is 66.7 cm³/mol. The number of rotatable bonds is 3. The molecule has 0 saturated heterocycles. The van der Waals surface area contributed by atoms with Crippen LogP contribution in [0.1, 0.15) is 28.8 Å². The van der Waals surface area contributed by atoms with Crippen molar-refractivity contribution in [2.24, 2.45) is 5.92 Å². The molecule has 1 aliphatic carbocycles. The molecule has 4 heteroatoms. The third kappa shape index (κ3) is 2.20. The number of amides is 1. The lowest BCUT2D eigenvalue weighted by atomic mass is 9.82. The maximum atomic E-state index is 12.0. The molecule has 0 atom stereocenters. The van der Waals surface area contributed by atoms with E-state index in [2.05, 4.69) is 5.32 Å². The van der Waals surface area contributed by atoms with Gasteiger partial charge in [-0.1, -0.05) is 0 Å². The second kappa shape index (κ2) is 4.61. The van der Waals surface area contributed by atoms with Gasteiger partial charge in [0.25, 0.3) is 5.91 Å². The smallest absolute Gasteiger partial charge is 0.251 e. The number of aliphatic hydroxyl groups excluding tert-OH is 1. The Morgan fingerprint density at radius 2 is 2.28 bits per heavy atom. The molecule has 1 fully saturated rings. The van der Waals surface area contributed by atoms with Crippen LogP contribution in [0.3, 0.4) is 0 Å². The van der Waals surface area contributed by atoms with E-state index in [1.807, 2.05) is 12.1 Å². The number of carbonyl (C=O) groups excluding carboxylic acids is 1. The lowest BCUT2D eigenvalue weighted by Gasteiger charge is -2.31. The summed E-state index contributed by atoms with van der Waals surface area (Å²) in [6.07, 6.45) is 2.33. The molecule has 96 valence electrons. The van der Waals surface area contributed by atoms with Gasteiger partial charge in [0.1, 0.15) is 5.75 Å². The van der Waals surface area contributed by atoms with Crippen molar-refractivity contribution in [2.45, 2.75) is 25.4 Å². The lowest BCUT2D eigenvalue weighted by Crippen LogP contribution is -2.38. The molecule has 1 heterocycles. The van der Waals surface area contributed by atoms with Crippen molar-refractivity contribution in [3.8, 4) is 5.75 Å². The quantitative estimate of drug-likeness (QED) is 0.841. The van der Waals surface area contributed by atoms with Crippen LogP contribution < -0.4 is 10.1 Å². The molecule has 2 N–H and O–H groups in total. The van der Waals surface area contributed by atoms with Crippen LogP contribution >= 0.6 is 0 Å². The van der Waals surface area contributed by atoms with Gasteiger partial charge in [-0.25, -0.2) is 0 Å². The Balaban J connectivity index is 1.58. The van der Waals surface area contributed by atoms with Gasteiger partial charge < -0.3 is 15.2 Å². The molecule has 2 aliphatic rings. The first kappa shape index (κ1) is 11.5. The molecule has 1 saturated carbocycles. The minimum Gasteiger partial charge on any atom is -0.493 e. The summed E-state index contributed by atoms with van der Waals surface area (Å²) in [6.45, 7) is 1.36. The van der Waals surface area contributed by atoms with Crippen LogP contribution in [-0.2, 0) is 6.42 Å². The summed E-state index contributed by atoms with van der Waals surface area (Å²) in [5.41, 5.74) is 1.81. The van der Waals surface area contributed by atoms with Crippen molar-refractivity contribution < 1.29 is 14.6 Å². The fraction of sp³-hybridized carbons (Fsp3) is 0.500. The normalized spacial score (nSPS) is 24.9. The zero-order chi connectivity index (χ0) is 12.5. The standard InChI is InChI=1S/C14H17NO3/c16-12-5-9(6-12)8-15-14(17)11-1-2-13-10(7-11)3-4-18-13/h1-2,7,9,12,16H,3-6,8H2,(H,15,17). The Morgan fingerprint density at radius 3 is 3.06 bits per heavy atom. The molecule has 0 radical (unpaired) electrons. The Bertz CT molecular complexity index is 466. The SMILES string of the molecule is O=C(NCC1CC(O)C1)c1ccc2c(c1)CCO2. The highest BCUT2D eigenvalue weighted by Crippen LogP contribution is 2.27. The maximum absolute atomic E-state index is 12.0. The molecular formula is C14H17NO3. The number of hydrogen-bond acceptors (Lipinski definition) is 3. The van der Waals surface area contributed by atoms with Gasteiger partial charge in [-0.2, -0.15) is 0 Å². The Hall–Kier alpha value is -1.55. The van der Waals surface area contributed by atoms with Crippen molar-refractivity contribution in [1.29, 1.82) is 0 Å². The largest absolute Gasteiger partial charge is 0.493 e. The molecule has 1 amide bonds. The molecule has 0 spiro atoms. The summed E-state index contributed by atoms with van der Waals surface area (Å²) >= 11 is 0. The summed E-state index contributed by atoms with van der Waals surface area (Å²) in [6, 6.07) is 5.58. The molecule has 18 heavy (non-hydrogen) atoms. The van der Waals surface area contributed by atoms with Crippen molar-refractivity contribution in [2.75, 3.05) is 13.2 Å². The average Bonchev–Trinajstić information content (AvgIpc) is 2.79. The van der Waals surface area contributed by atoms with Crippen LogP contribution in [0, 0.1) is 5.92 Å². The van der Waals surface area contributed by atoms with Gasteiger partial charge >= 0.3 is 0 Å².